The lowest BCUT2D eigenvalue weighted by Gasteiger charge is -2.33. The van der Waals surface area contributed by atoms with Crippen LogP contribution in [0.4, 0.5) is 0 Å². The summed E-state index contributed by atoms with van der Waals surface area (Å²) in [5.41, 5.74) is -0.0890. The Morgan fingerprint density at radius 1 is 1.14 bits per heavy atom. The van der Waals surface area contributed by atoms with Crippen molar-refractivity contribution in [1.29, 1.82) is 0 Å². The molecule has 0 saturated heterocycles. The zero-order valence-electron chi connectivity index (χ0n) is 12.5. The van der Waals surface area contributed by atoms with Crippen LogP contribution in [0.2, 0.25) is 0 Å². The number of hydrogen-bond acceptors (Lipinski definition) is 2. The third-order valence-corrected chi connectivity index (χ3v) is 4.85. The first-order valence-corrected chi connectivity index (χ1v) is 7.81. The Hall–Kier alpha value is -1.67. The van der Waals surface area contributed by atoms with Gasteiger partial charge in [0.1, 0.15) is 5.60 Å². The average molecular weight is 282 g/mol. The number of fused-ring (bicyclic) bond motifs is 1. The van der Waals surface area contributed by atoms with E-state index in [1.807, 2.05) is 30.3 Å². The third-order valence-electron chi connectivity index (χ3n) is 4.85. The van der Waals surface area contributed by atoms with Gasteiger partial charge in [0.2, 0.25) is 0 Å². The van der Waals surface area contributed by atoms with Gasteiger partial charge in [-0.3, -0.25) is 4.79 Å². The van der Waals surface area contributed by atoms with Gasteiger partial charge in [0, 0.05) is 6.42 Å². The summed E-state index contributed by atoms with van der Waals surface area (Å²) in [6.45, 7) is 2.19. The van der Waals surface area contributed by atoms with Crippen LogP contribution >= 0.6 is 0 Å². The molecule has 0 aromatic heterocycles. The number of aliphatic hydroxyl groups is 1. The number of carbonyl (C=O) groups excluding carboxylic acids is 1. The number of hydrogen-bond donors (Lipinski definition) is 1. The second-order valence-electron chi connectivity index (χ2n) is 6.45. The molecule has 1 aliphatic rings. The zero-order chi connectivity index (χ0) is 14.9. The molecule has 0 aliphatic heterocycles. The molecule has 110 valence electrons. The second kappa shape index (κ2) is 5.61. The smallest absolute Gasteiger partial charge is 0.168 e. The van der Waals surface area contributed by atoms with Gasteiger partial charge in [-0.25, -0.2) is 0 Å². The van der Waals surface area contributed by atoms with Crippen molar-refractivity contribution >= 4 is 16.6 Å². The first-order chi connectivity index (χ1) is 10.1. The Balaban J connectivity index is 1.83. The SMILES string of the molecule is CC1CCC(O)(C(=O)Cc2cccc3ccccc23)CC1. The van der Waals surface area contributed by atoms with Crippen molar-refractivity contribution in [2.75, 3.05) is 0 Å². The van der Waals surface area contributed by atoms with Gasteiger partial charge in [-0.1, -0.05) is 49.4 Å². The summed E-state index contributed by atoms with van der Waals surface area (Å²) in [4.78, 5) is 12.6. The van der Waals surface area contributed by atoms with Gasteiger partial charge in [-0.15, -0.1) is 0 Å². The van der Waals surface area contributed by atoms with Gasteiger partial charge in [0.25, 0.3) is 0 Å². The van der Waals surface area contributed by atoms with Gasteiger partial charge < -0.3 is 5.11 Å². The van der Waals surface area contributed by atoms with Crippen molar-refractivity contribution < 1.29 is 9.90 Å². The number of carbonyl (C=O) groups is 1. The molecule has 0 heterocycles. The number of ketones is 1. The molecule has 2 aromatic rings. The summed E-state index contributed by atoms with van der Waals surface area (Å²) in [5.74, 6) is 0.599. The molecule has 1 saturated carbocycles. The third kappa shape index (κ3) is 2.86. The molecule has 1 fully saturated rings. The van der Waals surface area contributed by atoms with Crippen molar-refractivity contribution in [3.05, 3.63) is 48.0 Å². The lowest BCUT2D eigenvalue weighted by atomic mass is 9.76. The van der Waals surface area contributed by atoms with Crippen LogP contribution < -0.4 is 0 Å². The van der Waals surface area contributed by atoms with Crippen LogP contribution in [0.5, 0.6) is 0 Å². The van der Waals surface area contributed by atoms with E-state index in [-0.39, 0.29) is 5.78 Å². The second-order valence-corrected chi connectivity index (χ2v) is 6.45. The predicted molar refractivity (Wildman–Crippen MR) is 85.2 cm³/mol. The highest BCUT2D eigenvalue weighted by molar-refractivity contribution is 5.94. The maximum atomic E-state index is 12.6. The molecular weight excluding hydrogens is 260 g/mol. The molecule has 1 aliphatic carbocycles. The Bertz CT molecular complexity index is 646. The molecule has 2 aromatic carbocycles. The Labute approximate surface area is 125 Å². The van der Waals surface area contributed by atoms with Crippen molar-refractivity contribution in [1.82, 2.24) is 0 Å². The predicted octanol–water partition coefficient (Wildman–Crippen LogP) is 3.89. The van der Waals surface area contributed by atoms with Crippen molar-refractivity contribution in [2.24, 2.45) is 5.92 Å². The topological polar surface area (TPSA) is 37.3 Å². The van der Waals surface area contributed by atoms with Crippen molar-refractivity contribution in [3.63, 3.8) is 0 Å². The number of benzene rings is 2. The van der Waals surface area contributed by atoms with Crippen molar-refractivity contribution in [3.8, 4) is 0 Å². The van der Waals surface area contributed by atoms with Crippen molar-refractivity contribution in [2.45, 2.75) is 44.6 Å². The first kappa shape index (κ1) is 14.3. The minimum absolute atomic E-state index is 0.0225. The van der Waals surface area contributed by atoms with Crippen LogP contribution in [-0.2, 0) is 11.2 Å². The summed E-state index contributed by atoms with van der Waals surface area (Å²) < 4.78 is 0. The van der Waals surface area contributed by atoms with Gasteiger partial charge in [0.15, 0.2) is 5.78 Å². The lowest BCUT2D eigenvalue weighted by molar-refractivity contribution is -0.140. The van der Waals surface area contributed by atoms with E-state index in [0.717, 1.165) is 29.2 Å². The quantitative estimate of drug-likeness (QED) is 0.927. The Morgan fingerprint density at radius 3 is 2.57 bits per heavy atom. The van der Waals surface area contributed by atoms with Gasteiger partial charge in [-0.2, -0.15) is 0 Å². The summed E-state index contributed by atoms with van der Waals surface area (Å²) in [5, 5.41) is 12.9. The lowest BCUT2D eigenvalue weighted by Crippen LogP contribution is -2.42. The van der Waals surface area contributed by atoms with Gasteiger partial charge in [-0.05, 0) is 47.9 Å². The van der Waals surface area contributed by atoms with E-state index >= 15 is 0 Å². The van der Waals surface area contributed by atoms with E-state index in [0.29, 0.717) is 25.2 Å². The highest BCUT2D eigenvalue weighted by Crippen LogP contribution is 2.33. The van der Waals surface area contributed by atoms with Crippen LogP contribution in [-0.4, -0.2) is 16.5 Å². The molecule has 21 heavy (non-hydrogen) atoms. The average Bonchev–Trinajstić information content (AvgIpc) is 2.51. The molecule has 0 bridgehead atoms. The fourth-order valence-corrected chi connectivity index (χ4v) is 3.30. The minimum Gasteiger partial charge on any atom is -0.382 e. The normalized spacial score (nSPS) is 25.9. The summed E-state index contributed by atoms with van der Waals surface area (Å²) in [7, 11) is 0. The minimum atomic E-state index is -1.11. The van der Waals surface area contributed by atoms with E-state index in [1.165, 1.54) is 0 Å². The molecule has 1 N–H and O–H groups in total. The Kier molecular flexibility index (Phi) is 3.81. The maximum Gasteiger partial charge on any atom is 0.168 e. The van der Waals surface area contributed by atoms with Crippen LogP contribution in [0.15, 0.2) is 42.5 Å². The molecule has 0 atom stereocenters. The molecule has 2 heteroatoms. The standard InChI is InChI=1S/C19H22O2/c1-14-9-11-19(21,12-10-14)18(20)13-16-7-4-6-15-5-2-3-8-17(15)16/h2-8,14,21H,9-13H2,1H3. The largest absolute Gasteiger partial charge is 0.382 e. The first-order valence-electron chi connectivity index (χ1n) is 7.81. The van der Waals surface area contributed by atoms with Crippen LogP contribution in [0, 0.1) is 5.92 Å². The molecule has 0 unspecified atom stereocenters. The molecule has 0 spiro atoms. The van der Waals surface area contributed by atoms with Crippen LogP contribution in [0.25, 0.3) is 10.8 Å². The van der Waals surface area contributed by atoms with Gasteiger partial charge in [0.05, 0.1) is 0 Å². The van der Waals surface area contributed by atoms with E-state index in [1.54, 1.807) is 0 Å². The summed E-state index contributed by atoms with van der Waals surface area (Å²) in [6, 6.07) is 14.1. The Morgan fingerprint density at radius 2 is 1.81 bits per heavy atom. The summed E-state index contributed by atoms with van der Waals surface area (Å²) in [6.07, 6.45) is 3.43. The van der Waals surface area contributed by atoms with Gasteiger partial charge >= 0.3 is 0 Å². The zero-order valence-corrected chi connectivity index (χ0v) is 12.5. The van der Waals surface area contributed by atoms with E-state index in [2.05, 4.69) is 19.1 Å². The molecule has 0 amide bonds. The molecule has 2 nitrogen and oxygen atoms in total. The molecule has 0 radical (unpaired) electrons. The summed E-state index contributed by atoms with van der Waals surface area (Å²) >= 11 is 0. The maximum absolute atomic E-state index is 12.6. The fourth-order valence-electron chi connectivity index (χ4n) is 3.30. The number of Topliss-reactive ketones (excluding diaryl/α,β-unsaturated/α-hetero) is 1. The fraction of sp³-hybridized carbons (Fsp3) is 0.421. The number of rotatable bonds is 3. The van der Waals surface area contributed by atoms with Crippen LogP contribution in [0.1, 0.15) is 38.2 Å². The molecule has 3 rings (SSSR count). The highest BCUT2D eigenvalue weighted by atomic mass is 16.3. The monoisotopic (exact) mass is 282 g/mol. The van der Waals surface area contributed by atoms with E-state index < -0.39 is 5.60 Å². The van der Waals surface area contributed by atoms with E-state index in [9.17, 15) is 9.90 Å². The van der Waals surface area contributed by atoms with Crippen LogP contribution in [0.3, 0.4) is 0 Å². The van der Waals surface area contributed by atoms with E-state index in [4.69, 9.17) is 0 Å². The molecular formula is C19H22O2. The highest BCUT2D eigenvalue weighted by Gasteiger charge is 2.38.